The van der Waals surface area contributed by atoms with Crippen LogP contribution in [-0.2, 0) is 22.4 Å². The van der Waals surface area contributed by atoms with Crippen LogP contribution in [0.3, 0.4) is 0 Å². The lowest BCUT2D eigenvalue weighted by Crippen LogP contribution is -2.08. The van der Waals surface area contributed by atoms with E-state index in [0.717, 1.165) is 33.9 Å². The van der Waals surface area contributed by atoms with Gasteiger partial charge in [0, 0.05) is 86.3 Å². The Balaban J connectivity index is 1.96. The van der Waals surface area contributed by atoms with Gasteiger partial charge in [0.05, 0.1) is 18.5 Å². The van der Waals surface area contributed by atoms with Gasteiger partial charge in [-0.2, -0.15) is 0 Å². The van der Waals surface area contributed by atoms with Gasteiger partial charge < -0.3 is 24.6 Å². The van der Waals surface area contributed by atoms with Gasteiger partial charge in [0.2, 0.25) is 0 Å². The van der Waals surface area contributed by atoms with Gasteiger partial charge in [-0.15, -0.1) is 0 Å². The van der Waals surface area contributed by atoms with Gasteiger partial charge in [-0.05, 0) is 50.2 Å². The number of anilines is 2. The molecule has 0 saturated carbocycles. The van der Waals surface area contributed by atoms with Gasteiger partial charge in [0.25, 0.3) is 0 Å². The van der Waals surface area contributed by atoms with E-state index in [9.17, 15) is 14.7 Å². The Bertz CT molecular complexity index is 1510. The lowest BCUT2D eigenvalue weighted by atomic mass is 9.97. The Hall–Kier alpha value is -4.59. The number of nitrogens with one attached hydrogen (secondary N) is 1. The first kappa shape index (κ1) is 28.4. The summed E-state index contributed by atoms with van der Waals surface area (Å²) in [6, 6.07) is 17.6. The SMILES string of the molecule is COc1cc(N(C)C)ccc1-c1[nH]c(-c2cc(CC(C)=O)c(O)c(CC(C)=O)c2)nc1-c1ccc(N(C)C)cc1. The fraction of sp³-hybridized carbons (Fsp3) is 0.281. The Morgan fingerprint density at radius 3 is 1.88 bits per heavy atom. The van der Waals surface area contributed by atoms with E-state index in [4.69, 9.17) is 9.72 Å². The number of aromatic hydroxyl groups is 1. The number of aromatic nitrogens is 2. The monoisotopic (exact) mass is 540 g/mol. The van der Waals surface area contributed by atoms with Crippen LogP contribution in [0.1, 0.15) is 25.0 Å². The first-order valence-electron chi connectivity index (χ1n) is 13.1. The largest absolute Gasteiger partial charge is 0.507 e. The number of phenolic OH excluding ortho intramolecular Hbond substituents is 1. The molecule has 1 aromatic heterocycles. The highest BCUT2D eigenvalue weighted by Crippen LogP contribution is 2.40. The van der Waals surface area contributed by atoms with Crippen molar-refractivity contribution in [3.8, 4) is 45.4 Å². The van der Waals surface area contributed by atoms with Gasteiger partial charge >= 0.3 is 0 Å². The third-order valence-electron chi connectivity index (χ3n) is 6.75. The molecular weight excluding hydrogens is 504 g/mol. The number of benzene rings is 3. The van der Waals surface area contributed by atoms with Gasteiger partial charge in [0.1, 0.15) is 28.9 Å². The van der Waals surface area contributed by atoms with Crippen molar-refractivity contribution in [3.05, 3.63) is 65.7 Å². The van der Waals surface area contributed by atoms with E-state index in [1.807, 2.05) is 80.5 Å². The average molecular weight is 541 g/mol. The molecule has 3 aromatic carbocycles. The van der Waals surface area contributed by atoms with E-state index >= 15 is 0 Å². The summed E-state index contributed by atoms with van der Waals surface area (Å²) in [6.07, 6.45) is 0.105. The number of Topliss-reactive ketones (excluding diaryl/α,β-unsaturated/α-hetero) is 2. The molecule has 0 unspecified atom stereocenters. The summed E-state index contributed by atoms with van der Waals surface area (Å²) in [6.45, 7) is 2.95. The third-order valence-corrected chi connectivity index (χ3v) is 6.75. The van der Waals surface area contributed by atoms with Gasteiger partial charge in [-0.3, -0.25) is 9.59 Å². The molecule has 8 heteroatoms. The minimum atomic E-state index is -0.0891. The zero-order valence-electron chi connectivity index (χ0n) is 24.1. The second-order valence-electron chi connectivity index (χ2n) is 10.4. The summed E-state index contributed by atoms with van der Waals surface area (Å²) in [5, 5.41) is 10.8. The molecule has 4 aromatic rings. The molecule has 0 radical (unpaired) electrons. The molecule has 0 saturated heterocycles. The van der Waals surface area contributed by atoms with E-state index < -0.39 is 0 Å². The maximum Gasteiger partial charge on any atom is 0.138 e. The molecule has 4 rings (SSSR count). The second-order valence-corrected chi connectivity index (χ2v) is 10.4. The van der Waals surface area contributed by atoms with E-state index in [2.05, 4.69) is 4.98 Å². The number of methoxy groups -OCH3 is 1. The van der Waals surface area contributed by atoms with Crippen molar-refractivity contribution in [2.75, 3.05) is 45.1 Å². The number of nitrogens with zero attached hydrogens (tertiary/aromatic N) is 3. The summed E-state index contributed by atoms with van der Waals surface area (Å²) < 4.78 is 5.80. The molecule has 0 fully saturated rings. The van der Waals surface area contributed by atoms with Crippen molar-refractivity contribution >= 4 is 22.9 Å². The maximum absolute atomic E-state index is 12.0. The van der Waals surface area contributed by atoms with Gasteiger partial charge in [-0.25, -0.2) is 4.98 Å². The number of H-pyrrole nitrogens is 1. The molecule has 0 aliphatic heterocycles. The minimum Gasteiger partial charge on any atom is -0.507 e. The van der Waals surface area contributed by atoms with Crippen molar-refractivity contribution in [3.63, 3.8) is 0 Å². The zero-order chi connectivity index (χ0) is 29.1. The Morgan fingerprint density at radius 2 is 1.38 bits per heavy atom. The predicted molar refractivity (Wildman–Crippen MR) is 161 cm³/mol. The van der Waals surface area contributed by atoms with Crippen molar-refractivity contribution < 1.29 is 19.4 Å². The van der Waals surface area contributed by atoms with Crippen LogP contribution in [-0.4, -0.2) is 61.9 Å². The standard InChI is InChI=1S/C32H36N4O4/c1-19(37)14-22-16-24(17-23(31(22)39)15-20(2)38)32-33-29(21-8-10-25(11-9-21)35(3)4)30(34-32)27-13-12-26(36(5)6)18-28(27)40-7/h8-13,16-18,39H,14-15H2,1-7H3,(H,33,34). The summed E-state index contributed by atoms with van der Waals surface area (Å²) in [7, 11) is 9.58. The van der Waals surface area contributed by atoms with Crippen molar-refractivity contribution in [2.24, 2.45) is 0 Å². The number of aromatic amines is 1. The van der Waals surface area contributed by atoms with Crippen LogP contribution in [0.25, 0.3) is 33.9 Å². The minimum absolute atomic E-state index is 0.0265. The highest BCUT2D eigenvalue weighted by atomic mass is 16.5. The zero-order valence-corrected chi connectivity index (χ0v) is 24.1. The first-order valence-corrected chi connectivity index (χ1v) is 13.1. The molecule has 208 valence electrons. The highest BCUT2D eigenvalue weighted by Gasteiger charge is 2.21. The lowest BCUT2D eigenvalue weighted by Gasteiger charge is -2.16. The number of phenols is 1. The second kappa shape index (κ2) is 11.7. The number of rotatable bonds is 10. The Kier molecular flexibility index (Phi) is 8.28. The number of hydrogen-bond donors (Lipinski definition) is 2. The molecule has 1 heterocycles. The lowest BCUT2D eigenvalue weighted by molar-refractivity contribution is -0.117. The molecule has 0 aliphatic carbocycles. The summed E-state index contributed by atoms with van der Waals surface area (Å²) in [4.78, 5) is 36.5. The molecule has 0 spiro atoms. The fourth-order valence-electron chi connectivity index (χ4n) is 4.70. The molecule has 0 atom stereocenters. The summed E-state index contributed by atoms with van der Waals surface area (Å²) in [5.74, 6) is 1.03. The molecule has 40 heavy (non-hydrogen) atoms. The number of ether oxygens (including phenoxy) is 1. The van der Waals surface area contributed by atoms with Gasteiger partial charge in [0.15, 0.2) is 0 Å². The molecule has 0 bridgehead atoms. The predicted octanol–water partition coefficient (Wildman–Crippen LogP) is 5.52. The van der Waals surface area contributed by atoms with Crippen molar-refractivity contribution in [1.29, 1.82) is 0 Å². The van der Waals surface area contributed by atoms with Crippen LogP contribution in [0.4, 0.5) is 11.4 Å². The molecule has 0 aliphatic rings. The van der Waals surface area contributed by atoms with E-state index in [-0.39, 0.29) is 30.2 Å². The molecule has 8 nitrogen and oxygen atoms in total. The average Bonchev–Trinajstić information content (AvgIpc) is 3.35. The molecule has 2 N–H and O–H groups in total. The Labute approximate surface area is 235 Å². The van der Waals surface area contributed by atoms with Crippen LogP contribution >= 0.6 is 0 Å². The molecular formula is C32H36N4O4. The molecule has 0 amide bonds. The van der Waals surface area contributed by atoms with Crippen LogP contribution < -0.4 is 14.5 Å². The number of carbonyl (C=O) groups excluding carboxylic acids is 2. The van der Waals surface area contributed by atoms with Crippen LogP contribution in [0, 0.1) is 0 Å². The van der Waals surface area contributed by atoms with E-state index in [0.29, 0.717) is 28.3 Å². The number of imidazole rings is 1. The number of carbonyl (C=O) groups is 2. The summed E-state index contributed by atoms with van der Waals surface area (Å²) >= 11 is 0. The number of hydrogen-bond acceptors (Lipinski definition) is 7. The van der Waals surface area contributed by atoms with E-state index in [1.54, 1.807) is 19.2 Å². The normalized spacial score (nSPS) is 10.9. The third kappa shape index (κ3) is 6.01. The number of ketones is 2. The van der Waals surface area contributed by atoms with Crippen molar-refractivity contribution in [2.45, 2.75) is 26.7 Å². The first-order chi connectivity index (χ1) is 19.0. The van der Waals surface area contributed by atoms with Crippen LogP contribution in [0.5, 0.6) is 11.5 Å². The quantitative estimate of drug-likeness (QED) is 0.273. The van der Waals surface area contributed by atoms with Crippen LogP contribution in [0.2, 0.25) is 0 Å². The van der Waals surface area contributed by atoms with Gasteiger partial charge in [-0.1, -0.05) is 12.1 Å². The maximum atomic E-state index is 12.0. The van der Waals surface area contributed by atoms with E-state index in [1.165, 1.54) is 13.8 Å². The Morgan fingerprint density at radius 1 is 0.825 bits per heavy atom. The van der Waals surface area contributed by atoms with Crippen molar-refractivity contribution in [1.82, 2.24) is 9.97 Å². The summed E-state index contributed by atoms with van der Waals surface area (Å²) in [5.41, 5.74) is 6.90. The van der Waals surface area contributed by atoms with Crippen LogP contribution in [0.15, 0.2) is 54.6 Å². The highest BCUT2D eigenvalue weighted by molar-refractivity contribution is 5.87. The fourth-order valence-corrected chi connectivity index (χ4v) is 4.70. The smallest absolute Gasteiger partial charge is 0.138 e. The topological polar surface area (TPSA) is 98.8 Å².